The second kappa shape index (κ2) is 12.9. The summed E-state index contributed by atoms with van der Waals surface area (Å²) in [6, 6.07) is 0. The van der Waals surface area contributed by atoms with Crippen LogP contribution in [-0.4, -0.2) is 12.4 Å². The first-order valence-corrected chi connectivity index (χ1v) is 8.31. The minimum atomic E-state index is -4.96. The first-order valence-electron chi connectivity index (χ1n) is 8.31. The highest BCUT2D eigenvalue weighted by molar-refractivity contribution is 5.59. The Labute approximate surface area is 172 Å². The van der Waals surface area contributed by atoms with Gasteiger partial charge in [-0.25, -0.2) is 0 Å². The minimum Gasteiger partial charge on any atom is -0.166 e. The number of hydrogen-bond acceptors (Lipinski definition) is 0. The molecule has 0 aromatic rings. The van der Waals surface area contributed by atoms with Crippen molar-refractivity contribution in [3.05, 3.63) is 133 Å². The second-order valence-corrected chi connectivity index (χ2v) is 5.30. The van der Waals surface area contributed by atoms with Gasteiger partial charge in [-0.2, -0.15) is 26.3 Å². The fourth-order valence-corrected chi connectivity index (χ4v) is 2.08. The molecule has 30 heavy (non-hydrogen) atoms. The molecule has 0 radical (unpaired) electrons. The summed E-state index contributed by atoms with van der Waals surface area (Å²) in [6.45, 7) is 13.2. The van der Waals surface area contributed by atoms with E-state index >= 15 is 0 Å². The Bertz CT molecular complexity index is 896. The van der Waals surface area contributed by atoms with Gasteiger partial charge in [0.25, 0.3) is 0 Å². The van der Waals surface area contributed by atoms with Crippen LogP contribution < -0.4 is 0 Å². The van der Waals surface area contributed by atoms with Gasteiger partial charge in [0.1, 0.15) is 0 Å². The zero-order valence-corrected chi connectivity index (χ0v) is 16.0. The number of hydrogen-bond donors (Lipinski definition) is 0. The van der Waals surface area contributed by atoms with Crippen molar-refractivity contribution in [3.63, 3.8) is 0 Å². The molecule has 0 aliphatic carbocycles. The molecule has 0 aromatic carbocycles. The quantitative estimate of drug-likeness (QED) is 0.201. The molecule has 0 aliphatic heterocycles. The number of allylic oxidation sites excluding steroid dienone is 16. The molecule has 0 N–H and O–H groups in total. The van der Waals surface area contributed by atoms with E-state index in [1.807, 2.05) is 0 Å². The number of alkyl halides is 6. The molecule has 0 aliphatic rings. The van der Waals surface area contributed by atoms with Gasteiger partial charge < -0.3 is 0 Å². The van der Waals surface area contributed by atoms with Crippen LogP contribution in [0, 0.1) is 0 Å². The number of rotatable bonds is 9. The highest BCUT2D eigenvalue weighted by Crippen LogP contribution is 2.38. The molecule has 0 aromatic heterocycles. The van der Waals surface area contributed by atoms with Crippen LogP contribution in [0.3, 0.4) is 0 Å². The fraction of sp³-hybridized carbons (Fsp3) is 0.0833. The molecule has 0 heterocycles. The molecule has 0 unspecified atom stereocenters. The van der Waals surface area contributed by atoms with Crippen LogP contribution in [0.2, 0.25) is 0 Å². The predicted octanol–water partition coefficient (Wildman–Crippen LogP) is 7.98. The van der Waals surface area contributed by atoms with E-state index in [-0.39, 0.29) is 0 Å². The lowest BCUT2D eigenvalue weighted by Crippen LogP contribution is -2.17. The van der Waals surface area contributed by atoms with E-state index < -0.39 is 34.6 Å². The Kier molecular flexibility index (Phi) is 11.4. The molecule has 0 spiro atoms. The lowest BCUT2D eigenvalue weighted by atomic mass is 9.92. The summed E-state index contributed by atoms with van der Waals surface area (Å²) >= 11 is 0. The van der Waals surface area contributed by atoms with Gasteiger partial charge in [-0.15, -0.1) is 11.5 Å². The monoisotopic (exact) mass is 422 g/mol. The molecule has 0 bridgehead atoms. The summed E-state index contributed by atoms with van der Waals surface area (Å²) in [5, 5.41) is 0. The van der Waals surface area contributed by atoms with E-state index in [0.717, 1.165) is 54.7 Å². The molecule has 158 valence electrons. The van der Waals surface area contributed by atoms with Crippen LogP contribution in [0.15, 0.2) is 133 Å². The molecule has 0 amide bonds. The smallest absolute Gasteiger partial charge is 0.166 e. The first-order chi connectivity index (χ1) is 14.0. The van der Waals surface area contributed by atoms with Gasteiger partial charge in [0.15, 0.2) is 0 Å². The molecule has 0 atom stereocenters. The fourth-order valence-electron chi connectivity index (χ4n) is 2.08. The molecule has 0 fully saturated rings. The highest BCUT2D eigenvalue weighted by Gasteiger charge is 2.38. The van der Waals surface area contributed by atoms with Crippen molar-refractivity contribution < 1.29 is 26.3 Å². The predicted molar refractivity (Wildman–Crippen MR) is 111 cm³/mol. The van der Waals surface area contributed by atoms with Gasteiger partial charge in [-0.05, 0) is 35.5 Å². The van der Waals surface area contributed by atoms with Crippen molar-refractivity contribution in [2.24, 2.45) is 0 Å². The van der Waals surface area contributed by atoms with Crippen LogP contribution in [0.25, 0.3) is 0 Å². The van der Waals surface area contributed by atoms with Crippen LogP contribution in [0.4, 0.5) is 26.3 Å². The van der Waals surface area contributed by atoms with Crippen LogP contribution in [0.1, 0.15) is 0 Å². The second-order valence-electron chi connectivity index (χ2n) is 5.30. The summed E-state index contributed by atoms with van der Waals surface area (Å²) in [5.74, 6) is 0. The maximum absolute atomic E-state index is 13.8. The van der Waals surface area contributed by atoms with Crippen molar-refractivity contribution in [2.75, 3.05) is 0 Å². The molecule has 0 saturated carbocycles. The maximum Gasteiger partial charge on any atom is 0.417 e. The minimum absolute atomic E-state index is 0.642. The largest absolute Gasteiger partial charge is 0.417 e. The van der Waals surface area contributed by atoms with Gasteiger partial charge in [0, 0.05) is 0 Å². The van der Waals surface area contributed by atoms with Gasteiger partial charge in [-0.1, -0.05) is 74.9 Å². The standard InChI is InChI=1S/C24H20F6/c1-5-9-13-16-20(21(17-12-8-4)23(25,26)27)19(15-11-7-3)22(24(28,29)30)18-14-10-6-2/h7-18H,1-4H2/b15-11-,16-13-,17-12-,18-14-,21-20-,22-19-. The van der Waals surface area contributed by atoms with Crippen molar-refractivity contribution in [3.8, 4) is 0 Å². The van der Waals surface area contributed by atoms with E-state index in [4.69, 9.17) is 0 Å². The average molecular weight is 422 g/mol. The molecular formula is C24H20F6. The van der Waals surface area contributed by atoms with Crippen LogP contribution in [0.5, 0.6) is 0 Å². The summed E-state index contributed by atoms with van der Waals surface area (Å²) in [5.41, 5.74) is 0.555. The highest BCUT2D eigenvalue weighted by atomic mass is 19.4. The summed E-state index contributed by atoms with van der Waals surface area (Å²) in [6.07, 6.45) is 1.88. The third kappa shape index (κ3) is 9.16. The van der Waals surface area contributed by atoms with E-state index in [1.165, 1.54) is 6.08 Å². The lowest BCUT2D eigenvalue weighted by molar-refractivity contribution is -0.0911. The zero-order valence-electron chi connectivity index (χ0n) is 16.0. The molecule has 6 heteroatoms. The topological polar surface area (TPSA) is 0 Å². The normalized spacial score (nSPS) is 14.5. The Morgan fingerprint density at radius 2 is 0.900 bits per heavy atom. The van der Waals surface area contributed by atoms with E-state index in [9.17, 15) is 26.3 Å². The number of halogens is 6. The third-order valence-corrected chi connectivity index (χ3v) is 3.23. The lowest BCUT2D eigenvalue weighted by Gasteiger charge is -2.18. The Morgan fingerprint density at radius 1 is 0.567 bits per heavy atom. The van der Waals surface area contributed by atoms with Crippen LogP contribution in [-0.2, 0) is 0 Å². The molecule has 0 rings (SSSR count). The third-order valence-electron chi connectivity index (χ3n) is 3.23. The van der Waals surface area contributed by atoms with Crippen molar-refractivity contribution in [1.82, 2.24) is 0 Å². The first kappa shape index (κ1) is 26.5. The summed E-state index contributed by atoms with van der Waals surface area (Å²) in [7, 11) is 0. The zero-order chi connectivity index (χ0) is 23.2. The Hall–Kier alpha value is -3.46. The SMILES string of the molecule is C=C=C\C=C/C(C(/C=C\C=C)=C(/C=C\C=C=C)C(F)(F)F)=C(\C=C/C=C)C(F)(F)F. The Balaban J connectivity index is 7.68. The van der Waals surface area contributed by atoms with Gasteiger partial charge in [0.2, 0.25) is 0 Å². The molecule has 0 saturated heterocycles. The van der Waals surface area contributed by atoms with Gasteiger partial charge >= 0.3 is 12.4 Å². The van der Waals surface area contributed by atoms with Gasteiger partial charge in [0.05, 0.1) is 11.1 Å². The van der Waals surface area contributed by atoms with E-state index in [1.54, 1.807) is 0 Å². The summed E-state index contributed by atoms with van der Waals surface area (Å²) < 4.78 is 82.6. The molecule has 0 nitrogen and oxygen atoms in total. The average Bonchev–Trinajstić information content (AvgIpc) is 2.64. The van der Waals surface area contributed by atoms with E-state index in [2.05, 4.69) is 37.8 Å². The van der Waals surface area contributed by atoms with Crippen molar-refractivity contribution >= 4 is 0 Å². The van der Waals surface area contributed by atoms with Crippen molar-refractivity contribution in [2.45, 2.75) is 12.4 Å². The van der Waals surface area contributed by atoms with Crippen LogP contribution >= 0.6 is 0 Å². The molecular weight excluding hydrogens is 402 g/mol. The Morgan fingerprint density at radius 3 is 1.27 bits per heavy atom. The summed E-state index contributed by atoms with van der Waals surface area (Å²) in [4.78, 5) is 0. The van der Waals surface area contributed by atoms with E-state index in [0.29, 0.717) is 12.2 Å². The maximum atomic E-state index is 13.8. The van der Waals surface area contributed by atoms with Crippen molar-refractivity contribution in [1.29, 1.82) is 0 Å². The van der Waals surface area contributed by atoms with Gasteiger partial charge in [-0.3, -0.25) is 0 Å².